The van der Waals surface area contributed by atoms with Crippen LogP contribution in [-0.4, -0.2) is 15.0 Å². The summed E-state index contributed by atoms with van der Waals surface area (Å²) >= 11 is 0. The third-order valence-electron chi connectivity index (χ3n) is 9.52. The Bertz CT molecular complexity index is 2820. The molecular formula is C45H27N3O. The summed E-state index contributed by atoms with van der Waals surface area (Å²) in [5.41, 5.74) is 6.53. The molecule has 10 aromatic rings. The molecule has 0 atom stereocenters. The predicted octanol–water partition coefficient (Wildman–Crippen LogP) is 11.9. The Kier molecular flexibility index (Phi) is 6.15. The fourth-order valence-corrected chi connectivity index (χ4v) is 7.17. The van der Waals surface area contributed by atoms with Crippen molar-refractivity contribution in [3.05, 3.63) is 164 Å². The van der Waals surface area contributed by atoms with E-state index in [4.69, 9.17) is 19.4 Å². The summed E-state index contributed by atoms with van der Waals surface area (Å²) < 4.78 is 6.69. The zero-order valence-electron chi connectivity index (χ0n) is 26.3. The summed E-state index contributed by atoms with van der Waals surface area (Å²) in [5.74, 6) is 1.86. The Morgan fingerprint density at radius 3 is 1.63 bits per heavy atom. The maximum Gasteiger partial charge on any atom is 0.164 e. The molecule has 49 heavy (non-hydrogen) atoms. The molecular weight excluding hydrogens is 599 g/mol. The first-order valence-corrected chi connectivity index (χ1v) is 16.4. The van der Waals surface area contributed by atoms with Crippen LogP contribution in [0, 0.1) is 0 Å². The van der Waals surface area contributed by atoms with Crippen molar-refractivity contribution >= 4 is 54.3 Å². The van der Waals surface area contributed by atoms with Crippen LogP contribution in [0.4, 0.5) is 0 Å². The normalized spacial score (nSPS) is 11.7. The van der Waals surface area contributed by atoms with E-state index in [1.165, 1.54) is 32.3 Å². The van der Waals surface area contributed by atoms with Gasteiger partial charge in [0.05, 0.1) is 0 Å². The van der Waals surface area contributed by atoms with Crippen LogP contribution in [0.3, 0.4) is 0 Å². The lowest BCUT2D eigenvalue weighted by atomic mass is 9.93. The van der Waals surface area contributed by atoms with E-state index in [0.717, 1.165) is 49.8 Å². The van der Waals surface area contributed by atoms with Gasteiger partial charge in [-0.25, -0.2) is 15.0 Å². The lowest BCUT2D eigenvalue weighted by molar-refractivity contribution is 0.670. The highest BCUT2D eigenvalue weighted by atomic mass is 16.3. The van der Waals surface area contributed by atoms with Crippen molar-refractivity contribution in [1.82, 2.24) is 15.0 Å². The zero-order chi connectivity index (χ0) is 32.3. The minimum absolute atomic E-state index is 0.605. The van der Waals surface area contributed by atoms with Crippen LogP contribution >= 0.6 is 0 Å². The van der Waals surface area contributed by atoms with Gasteiger partial charge in [0.2, 0.25) is 0 Å². The maximum absolute atomic E-state index is 6.69. The van der Waals surface area contributed by atoms with E-state index in [1.807, 2.05) is 72.8 Å². The highest BCUT2D eigenvalue weighted by Crippen LogP contribution is 2.42. The average molecular weight is 626 g/mol. The van der Waals surface area contributed by atoms with Gasteiger partial charge < -0.3 is 4.42 Å². The van der Waals surface area contributed by atoms with Crippen molar-refractivity contribution in [2.45, 2.75) is 0 Å². The SMILES string of the molecule is c1ccc(-c2nc(-c3ccccc3)nc(-c3ccc(-c4ccc5c(ccc6c7ccccc7ccc56)c4)c4oc5ccccc5c34)n2)cc1. The minimum Gasteiger partial charge on any atom is -0.455 e. The number of nitrogens with zero attached hydrogens (tertiary/aromatic N) is 3. The van der Waals surface area contributed by atoms with Crippen molar-refractivity contribution in [3.8, 4) is 45.3 Å². The summed E-state index contributed by atoms with van der Waals surface area (Å²) in [6.07, 6.45) is 0. The van der Waals surface area contributed by atoms with E-state index in [9.17, 15) is 0 Å². The molecule has 0 saturated heterocycles. The fourth-order valence-electron chi connectivity index (χ4n) is 7.17. The second-order valence-electron chi connectivity index (χ2n) is 12.4. The minimum atomic E-state index is 0.605. The van der Waals surface area contributed by atoms with Gasteiger partial charge in [0.25, 0.3) is 0 Å². The molecule has 228 valence electrons. The van der Waals surface area contributed by atoms with Gasteiger partial charge in [0, 0.05) is 33.0 Å². The van der Waals surface area contributed by atoms with Crippen molar-refractivity contribution in [2.75, 3.05) is 0 Å². The Morgan fingerprint density at radius 1 is 0.347 bits per heavy atom. The van der Waals surface area contributed by atoms with Crippen molar-refractivity contribution < 1.29 is 4.42 Å². The Balaban J connectivity index is 1.19. The first-order chi connectivity index (χ1) is 24.3. The van der Waals surface area contributed by atoms with E-state index in [2.05, 4.69) is 91.0 Å². The smallest absolute Gasteiger partial charge is 0.164 e. The number of furan rings is 1. The van der Waals surface area contributed by atoms with E-state index >= 15 is 0 Å². The molecule has 0 radical (unpaired) electrons. The van der Waals surface area contributed by atoms with Gasteiger partial charge >= 0.3 is 0 Å². The van der Waals surface area contributed by atoms with Crippen LogP contribution < -0.4 is 0 Å². The number of para-hydroxylation sites is 1. The Labute approximate surface area is 282 Å². The van der Waals surface area contributed by atoms with Gasteiger partial charge in [-0.15, -0.1) is 0 Å². The van der Waals surface area contributed by atoms with Crippen LogP contribution in [0.25, 0.3) is 99.5 Å². The lowest BCUT2D eigenvalue weighted by Gasteiger charge is -2.12. The molecule has 2 aromatic heterocycles. The molecule has 0 N–H and O–H groups in total. The van der Waals surface area contributed by atoms with Gasteiger partial charge in [-0.1, -0.05) is 140 Å². The first kappa shape index (κ1) is 27.5. The van der Waals surface area contributed by atoms with Gasteiger partial charge in [0.15, 0.2) is 17.5 Å². The molecule has 0 fully saturated rings. The van der Waals surface area contributed by atoms with Crippen LogP contribution in [0.1, 0.15) is 0 Å². The molecule has 4 nitrogen and oxygen atoms in total. The Morgan fingerprint density at radius 2 is 0.898 bits per heavy atom. The summed E-state index contributed by atoms with van der Waals surface area (Å²) in [4.78, 5) is 15.0. The van der Waals surface area contributed by atoms with E-state index in [-0.39, 0.29) is 0 Å². The molecule has 8 aromatic carbocycles. The highest BCUT2D eigenvalue weighted by Gasteiger charge is 2.21. The van der Waals surface area contributed by atoms with E-state index < -0.39 is 0 Å². The van der Waals surface area contributed by atoms with Crippen LogP contribution in [0.2, 0.25) is 0 Å². The summed E-state index contributed by atoms with van der Waals surface area (Å²) in [6.45, 7) is 0. The molecule has 4 heteroatoms. The number of fused-ring (bicyclic) bond motifs is 8. The number of hydrogen-bond acceptors (Lipinski definition) is 4. The molecule has 0 unspecified atom stereocenters. The molecule has 0 aliphatic heterocycles. The third kappa shape index (κ3) is 4.49. The number of aromatic nitrogens is 3. The number of rotatable bonds is 4. The monoisotopic (exact) mass is 625 g/mol. The number of benzene rings is 8. The molecule has 0 aliphatic rings. The van der Waals surface area contributed by atoms with Gasteiger partial charge in [-0.2, -0.15) is 0 Å². The topological polar surface area (TPSA) is 51.8 Å². The van der Waals surface area contributed by atoms with Crippen molar-refractivity contribution in [1.29, 1.82) is 0 Å². The molecule has 0 amide bonds. The van der Waals surface area contributed by atoms with Gasteiger partial charge in [-0.3, -0.25) is 0 Å². The van der Waals surface area contributed by atoms with Gasteiger partial charge in [0.1, 0.15) is 11.2 Å². The second kappa shape index (κ2) is 11.0. The molecule has 0 spiro atoms. The summed E-state index contributed by atoms with van der Waals surface area (Å²) in [7, 11) is 0. The lowest BCUT2D eigenvalue weighted by Crippen LogP contribution is -2.00. The summed E-state index contributed by atoms with van der Waals surface area (Å²) in [5, 5.41) is 9.48. The Hall–Kier alpha value is -6.65. The van der Waals surface area contributed by atoms with Gasteiger partial charge in [-0.05, 0) is 62.1 Å². The third-order valence-corrected chi connectivity index (χ3v) is 9.52. The van der Waals surface area contributed by atoms with Crippen molar-refractivity contribution in [3.63, 3.8) is 0 Å². The van der Waals surface area contributed by atoms with E-state index in [0.29, 0.717) is 17.5 Å². The molecule has 0 aliphatic carbocycles. The summed E-state index contributed by atoms with van der Waals surface area (Å²) in [6, 6.07) is 56.9. The first-order valence-electron chi connectivity index (χ1n) is 16.4. The van der Waals surface area contributed by atoms with Crippen LogP contribution in [0.15, 0.2) is 168 Å². The fraction of sp³-hybridized carbons (Fsp3) is 0. The molecule has 2 heterocycles. The molecule has 0 saturated carbocycles. The van der Waals surface area contributed by atoms with Crippen LogP contribution in [-0.2, 0) is 0 Å². The quantitative estimate of drug-likeness (QED) is 0.183. The van der Waals surface area contributed by atoms with Crippen LogP contribution in [0.5, 0.6) is 0 Å². The van der Waals surface area contributed by atoms with E-state index in [1.54, 1.807) is 0 Å². The molecule has 0 bridgehead atoms. The second-order valence-corrected chi connectivity index (χ2v) is 12.4. The molecule has 10 rings (SSSR count). The predicted molar refractivity (Wildman–Crippen MR) is 201 cm³/mol. The highest BCUT2D eigenvalue weighted by molar-refractivity contribution is 6.19. The largest absolute Gasteiger partial charge is 0.455 e. The average Bonchev–Trinajstić information content (AvgIpc) is 3.57. The number of hydrogen-bond donors (Lipinski definition) is 0. The van der Waals surface area contributed by atoms with Crippen molar-refractivity contribution in [2.24, 2.45) is 0 Å². The maximum atomic E-state index is 6.69. The standard InChI is InChI=1S/C45H27N3O/c1-3-12-29(13-4-1)43-46-44(30-14-5-2-6-15-30)48-45(47-43)39-26-25-35(42-41(39)38-17-9-10-18-40(38)49-42)32-20-22-34-31(27-32)21-24-36-33-16-8-7-11-28(33)19-23-37(34)36/h1-27H. The zero-order valence-corrected chi connectivity index (χ0v) is 26.3.